The average Bonchev–Trinajstić information content (AvgIpc) is 2.86. The quantitative estimate of drug-likeness (QED) is 0.372. The van der Waals surface area contributed by atoms with Crippen molar-refractivity contribution in [2.45, 2.75) is 0 Å². The number of furan rings is 1. The molecule has 0 N–H and O–H groups in total. The van der Waals surface area contributed by atoms with Crippen LogP contribution in [0.2, 0.25) is 0 Å². The van der Waals surface area contributed by atoms with Crippen molar-refractivity contribution in [3.05, 3.63) is 62.3 Å². The first-order valence-electron chi connectivity index (χ1n) is 5.27. The lowest BCUT2D eigenvalue weighted by atomic mass is 10.1. The van der Waals surface area contributed by atoms with Crippen LogP contribution in [0.25, 0.3) is 11.6 Å². The van der Waals surface area contributed by atoms with Crippen molar-refractivity contribution in [3.63, 3.8) is 0 Å². The van der Waals surface area contributed by atoms with E-state index in [1.807, 2.05) is 0 Å². The molecule has 6 heteroatoms. The van der Waals surface area contributed by atoms with E-state index in [-0.39, 0.29) is 11.6 Å². The molecule has 0 radical (unpaired) electrons. The van der Waals surface area contributed by atoms with Crippen LogP contribution in [0.3, 0.4) is 0 Å². The van der Waals surface area contributed by atoms with Gasteiger partial charge in [0.15, 0.2) is 6.29 Å². The minimum absolute atomic E-state index is 0.261. The number of benzene rings is 1. The molecular formula is C13H8BrNO4. The Bertz CT molecular complexity index is 643. The SMILES string of the molecule is O=CC(=Cc1ccc([N+](=O)[O-])o1)c1ccc(Br)cc1. The van der Waals surface area contributed by atoms with Crippen molar-refractivity contribution in [1.29, 1.82) is 0 Å². The first-order valence-corrected chi connectivity index (χ1v) is 6.06. The molecule has 1 aromatic carbocycles. The predicted molar refractivity (Wildman–Crippen MR) is 73.4 cm³/mol. The molecule has 0 saturated heterocycles. The maximum absolute atomic E-state index is 11.1. The lowest BCUT2D eigenvalue weighted by Gasteiger charge is -1.99. The molecule has 0 fully saturated rings. The third kappa shape index (κ3) is 3.17. The number of halogens is 1. The number of rotatable bonds is 4. The van der Waals surface area contributed by atoms with Gasteiger partial charge in [-0.15, -0.1) is 0 Å². The fraction of sp³-hybridized carbons (Fsp3) is 0. The molecule has 0 bridgehead atoms. The highest BCUT2D eigenvalue weighted by Gasteiger charge is 2.11. The molecule has 0 spiro atoms. The molecule has 96 valence electrons. The maximum atomic E-state index is 11.1. The summed E-state index contributed by atoms with van der Waals surface area (Å²) in [5, 5.41) is 10.5. The number of carbonyl (C=O) groups is 1. The summed E-state index contributed by atoms with van der Waals surface area (Å²) in [4.78, 5) is 20.9. The summed E-state index contributed by atoms with van der Waals surface area (Å²) >= 11 is 3.30. The Balaban J connectivity index is 2.34. The molecule has 1 aromatic heterocycles. The summed E-state index contributed by atoms with van der Waals surface area (Å²) in [5.41, 5.74) is 1.09. The van der Waals surface area contributed by atoms with Crippen LogP contribution in [0.1, 0.15) is 11.3 Å². The van der Waals surface area contributed by atoms with E-state index in [4.69, 9.17) is 4.42 Å². The number of hydrogen-bond donors (Lipinski definition) is 0. The monoisotopic (exact) mass is 321 g/mol. The summed E-state index contributed by atoms with van der Waals surface area (Å²) < 4.78 is 5.88. The first-order chi connectivity index (χ1) is 9.10. The van der Waals surface area contributed by atoms with Crippen LogP contribution in [0.5, 0.6) is 0 Å². The minimum atomic E-state index is -0.627. The van der Waals surface area contributed by atoms with Crippen LogP contribution < -0.4 is 0 Å². The van der Waals surface area contributed by atoms with Crippen LogP contribution >= 0.6 is 15.9 Å². The van der Waals surface area contributed by atoms with Gasteiger partial charge in [-0.05, 0) is 29.8 Å². The molecule has 2 aromatic rings. The summed E-state index contributed by atoms with van der Waals surface area (Å²) in [6, 6.07) is 9.83. The van der Waals surface area contributed by atoms with E-state index in [1.165, 1.54) is 18.2 Å². The van der Waals surface area contributed by atoms with Crippen molar-refractivity contribution in [1.82, 2.24) is 0 Å². The standard InChI is InChI=1S/C13H8BrNO4/c14-11-3-1-9(2-4-11)10(8-16)7-12-5-6-13(19-12)15(17)18/h1-8H. The summed E-state index contributed by atoms with van der Waals surface area (Å²) in [6.07, 6.45) is 2.14. The largest absolute Gasteiger partial charge is 0.433 e. The van der Waals surface area contributed by atoms with Gasteiger partial charge in [-0.3, -0.25) is 14.9 Å². The number of aldehydes is 1. The van der Waals surface area contributed by atoms with Crippen molar-refractivity contribution < 1.29 is 14.1 Å². The fourth-order valence-corrected chi connectivity index (χ4v) is 1.76. The Morgan fingerprint density at radius 3 is 2.42 bits per heavy atom. The van der Waals surface area contributed by atoms with Crippen LogP contribution in [-0.2, 0) is 4.79 Å². The van der Waals surface area contributed by atoms with E-state index in [1.54, 1.807) is 24.3 Å². The van der Waals surface area contributed by atoms with E-state index < -0.39 is 4.92 Å². The van der Waals surface area contributed by atoms with Crippen LogP contribution in [0, 0.1) is 10.1 Å². The molecule has 0 atom stereocenters. The zero-order chi connectivity index (χ0) is 13.8. The number of nitrogens with zero attached hydrogens (tertiary/aromatic N) is 1. The Morgan fingerprint density at radius 1 is 1.21 bits per heavy atom. The van der Waals surface area contributed by atoms with Gasteiger partial charge in [0.05, 0.1) is 6.07 Å². The highest BCUT2D eigenvalue weighted by molar-refractivity contribution is 9.10. The molecule has 0 amide bonds. The topological polar surface area (TPSA) is 73.3 Å². The van der Waals surface area contributed by atoms with Gasteiger partial charge < -0.3 is 4.42 Å². The number of allylic oxidation sites excluding steroid dienone is 1. The number of hydrogen-bond acceptors (Lipinski definition) is 4. The van der Waals surface area contributed by atoms with Gasteiger partial charge in [-0.1, -0.05) is 28.1 Å². The summed E-state index contributed by atoms with van der Waals surface area (Å²) in [5.74, 6) is -0.0935. The molecular weight excluding hydrogens is 314 g/mol. The Hall–Kier alpha value is -2.21. The lowest BCUT2D eigenvalue weighted by Crippen LogP contribution is -1.85. The van der Waals surface area contributed by atoms with Crippen LogP contribution in [0.4, 0.5) is 5.88 Å². The van der Waals surface area contributed by atoms with Crippen molar-refractivity contribution in [2.75, 3.05) is 0 Å². The van der Waals surface area contributed by atoms with Crippen molar-refractivity contribution >= 4 is 39.7 Å². The second kappa shape index (κ2) is 5.62. The van der Waals surface area contributed by atoms with E-state index in [9.17, 15) is 14.9 Å². The maximum Gasteiger partial charge on any atom is 0.433 e. The van der Waals surface area contributed by atoms with Gasteiger partial charge in [-0.2, -0.15) is 0 Å². The van der Waals surface area contributed by atoms with Crippen LogP contribution in [-0.4, -0.2) is 11.2 Å². The van der Waals surface area contributed by atoms with Crippen molar-refractivity contribution in [3.8, 4) is 0 Å². The number of carbonyl (C=O) groups excluding carboxylic acids is 1. The Labute approximate surface area is 116 Å². The lowest BCUT2D eigenvalue weighted by molar-refractivity contribution is -0.402. The Kier molecular flexibility index (Phi) is 3.91. The molecule has 0 saturated carbocycles. The summed E-state index contributed by atoms with van der Waals surface area (Å²) in [6.45, 7) is 0. The second-order valence-corrected chi connectivity index (χ2v) is 4.57. The highest BCUT2D eigenvalue weighted by atomic mass is 79.9. The van der Waals surface area contributed by atoms with E-state index >= 15 is 0 Å². The zero-order valence-corrected chi connectivity index (χ0v) is 11.2. The normalized spacial score (nSPS) is 11.3. The van der Waals surface area contributed by atoms with Gasteiger partial charge >= 0.3 is 5.88 Å². The molecule has 0 aliphatic heterocycles. The molecule has 19 heavy (non-hydrogen) atoms. The molecule has 0 aliphatic rings. The Morgan fingerprint density at radius 2 is 1.89 bits per heavy atom. The smallest absolute Gasteiger partial charge is 0.401 e. The highest BCUT2D eigenvalue weighted by Crippen LogP contribution is 2.22. The minimum Gasteiger partial charge on any atom is -0.401 e. The predicted octanol–water partition coefficient (Wildman–Crippen LogP) is 3.69. The van der Waals surface area contributed by atoms with Gasteiger partial charge in [0.2, 0.25) is 0 Å². The van der Waals surface area contributed by atoms with Gasteiger partial charge in [0, 0.05) is 10.0 Å². The molecule has 0 unspecified atom stereocenters. The summed E-state index contributed by atoms with van der Waals surface area (Å²) in [7, 11) is 0. The second-order valence-electron chi connectivity index (χ2n) is 3.66. The van der Waals surface area contributed by atoms with Crippen LogP contribution in [0.15, 0.2) is 45.3 Å². The zero-order valence-electron chi connectivity index (χ0n) is 9.58. The molecule has 1 heterocycles. The molecule has 0 aliphatic carbocycles. The van der Waals surface area contributed by atoms with E-state index in [2.05, 4.69) is 15.9 Å². The molecule has 2 rings (SSSR count). The van der Waals surface area contributed by atoms with Gasteiger partial charge in [0.1, 0.15) is 10.7 Å². The van der Waals surface area contributed by atoms with Gasteiger partial charge in [0.25, 0.3) is 0 Å². The fourth-order valence-electron chi connectivity index (χ4n) is 1.50. The van der Waals surface area contributed by atoms with Gasteiger partial charge in [-0.25, -0.2) is 0 Å². The van der Waals surface area contributed by atoms with E-state index in [0.29, 0.717) is 17.4 Å². The third-order valence-corrected chi connectivity index (χ3v) is 2.92. The first kappa shape index (κ1) is 13.2. The average molecular weight is 322 g/mol. The van der Waals surface area contributed by atoms with E-state index in [0.717, 1.165) is 4.47 Å². The molecule has 5 nitrogen and oxygen atoms in total. The number of nitro groups is 1. The third-order valence-electron chi connectivity index (χ3n) is 2.39. The van der Waals surface area contributed by atoms with Crippen molar-refractivity contribution in [2.24, 2.45) is 0 Å².